The van der Waals surface area contributed by atoms with Gasteiger partial charge in [-0.3, -0.25) is 9.59 Å². The number of amides is 2. The van der Waals surface area contributed by atoms with E-state index in [1.165, 1.54) is 7.05 Å². The number of carbonyl (C=O) groups excluding carboxylic acids is 2. The van der Waals surface area contributed by atoms with E-state index in [0.717, 1.165) is 0 Å². The Kier molecular flexibility index (Phi) is 4.51. The number of anilines is 1. The van der Waals surface area contributed by atoms with Gasteiger partial charge in [-0.05, 0) is 41.1 Å². The van der Waals surface area contributed by atoms with Crippen molar-refractivity contribution in [3.63, 3.8) is 0 Å². The van der Waals surface area contributed by atoms with E-state index in [9.17, 15) is 9.59 Å². The van der Waals surface area contributed by atoms with Gasteiger partial charge in [0.2, 0.25) is 5.91 Å². The molecule has 0 aliphatic heterocycles. The van der Waals surface area contributed by atoms with E-state index in [1.54, 1.807) is 25.1 Å². The third-order valence-electron chi connectivity index (χ3n) is 2.25. The Labute approximate surface area is 108 Å². The minimum absolute atomic E-state index is 0.243. The molecule has 1 rings (SSSR count). The van der Waals surface area contributed by atoms with Gasteiger partial charge in [0.25, 0.3) is 5.91 Å². The predicted molar refractivity (Wildman–Crippen MR) is 69.5 cm³/mol. The Morgan fingerprint density at radius 3 is 2.59 bits per heavy atom. The van der Waals surface area contributed by atoms with Crippen molar-refractivity contribution in [2.75, 3.05) is 12.8 Å². The number of rotatable bonds is 3. The standard InChI is InChI=1S/C11H14BrN3O2/c1-6(10(16)14-2)15-11(17)7-3-4-9(13)8(12)5-7/h3-6H,13H2,1-2H3,(H,14,16)(H,15,17). The Balaban J connectivity index is 2.76. The fourth-order valence-corrected chi connectivity index (χ4v) is 1.61. The van der Waals surface area contributed by atoms with Gasteiger partial charge in [0.1, 0.15) is 6.04 Å². The molecule has 5 nitrogen and oxygen atoms in total. The van der Waals surface area contributed by atoms with Gasteiger partial charge in [-0.2, -0.15) is 0 Å². The number of benzene rings is 1. The zero-order valence-corrected chi connectivity index (χ0v) is 11.2. The molecular formula is C11H14BrN3O2. The van der Waals surface area contributed by atoms with Gasteiger partial charge in [-0.15, -0.1) is 0 Å². The Bertz CT molecular complexity index is 448. The second-order valence-corrected chi connectivity index (χ2v) is 4.40. The number of nitrogens with two attached hydrogens (primary N) is 1. The molecule has 1 atom stereocenters. The number of halogens is 1. The molecule has 0 aliphatic carbocycles. The summed E-state index contributed by atoms with van der Waals surface area (Å²) in [6.07, 6.45) is 0. The van der Waals surface area contributed by atoms with Gasteiger partial charge in [0.15, 0.2) is 0 Å². The van der Waals surface area contributed by atoms with Crippen LogP contribution in [0.1, 0.15) is 17.3 Å². The van der Waals surface area contributed by atoms with Crippen molar-refractivity contribution in [1.82, 2.24) is 10.6 Å². The molecule has 0 saturated heterocycles. The molecular weight excluding hydrogens is 286 g/mol. The predicted octanol–water partition coefficient (Wildman–Crippen LogP) is 0.896. The van der Waals surface area contributed by atoms with Crippen LogP contribution in [0.15, 0.2) is 22.7 Å². The first-order valence-electron chi connectivity index (χ1n) is 5.03. The van der Waals surface area contributed by atoms with E-state index in [2.05, 4.69) is 26.6 Å². The molecule has 0 bridgehead atoms. The van der Waals surface area contributed by atoms with Crippen LogP contribution < -0.4 is 16.4 Å². The maximum absolute atomic E-state index is 11.8. The summed E-state index contributed by atoms with van der Waals surface area (Å²) in [5.74, 6) is -0.560. The first-order valence-corrected chi connectivity index (χ1v) is 5.82. The zero-order chi connectivity index (χ0) is 13.0. The molecule has 0 heterocycles. The molecule has 1 aromatic rings. The summed E-state index contributed by atoms with van der Waals surface area (Å²) in [6.45, 7) is 1.61. The second-order valence-electron chi connectivity index (χ2n) is 3.55. The summed E-state index contributed by atoms with van der Waals surface area (Å²) in [6, 6.07) is 4.26. The first-order chi connectivity index (χ1) is 7.95. The van der Waals surface area contributed by atoms with Gasteiger partial charge >= 0.3 is 0 Å². The lowest BCUT2D eigenvalue weighted by atomic mass is 10.2. The highest BCUT2D eigenvalue weighted by molar-refractivity contribution is 9.10. The number of likely N-dealkylation sites (N-methyl/N-ethyl adjacent to an activating group) is 1. The van der Waals surface area contributed by atoms with E-state index in [-0.39, 0.29) is 11.8 Å². The summed E-state index contributed by atoms with van der Waals surface area (Å²) in [5, 5.41) is 5.04. The molecule has 6 heteroatoms. The van der Waals surface area contributed by atoms with Gasteiger partial charge < -0.3 is 16.4 Å². The molecule has 0 spiro atoms. The van der Waals surface area contributed by atoms with E-state index >= 15 is 0 Å². The van der Waals surface area contributed by atoms with Crippen molar-refractivity contribution in [2.45, 2.75) is 13.0 Å². The van der Waals surface area contributed by atoms with Crippen LogP contribution >= 0.6 is 15.9 Å². The van der Waals surface area contributed by atoms with Crippen LogP contribution in [0.2, 0.25) is 0 Å². The molecule has 92 valence electrons. The van der Waals surface area contributed by atoms with Crippen LogP contribution in [0.25, 0.3) is 0 Å². The van der Waals surface area contributed by atoms with Crippen LogP contribution in [0, 0.1) is 0 Å². The molecule has 0 saturated carbocycles. The van der Waals surface area contributed by atoms with Crippen LogP contribution in [-0.4, -0.2) is 24.9 Å². The highest BCUT2D eigenvalue weighted by atomic mass is 79.9. The van der Waals surface area contributed by atoms with Crippen molar-refractivity contribution in [1.29, 1.82) is 0 Å². The summed E-state index contributed by atoms with van der Waals surface area (Å²) in [4.78, 5) is 23.0. The Hall–Kier alpha value is -1.56. The lowest BCUT2D eigenvalue weighted by Crippen LogP contribution is -2.43. The van der Waals surface area contributed by atoms with Crippen molar-refractivity contribution in [3.8, 4) is 0 Å². The van der Waals surface area contributed by atoms with Crippen molar-refractivity contribution in [3.05, 3.63) is 28.2 Å². The molecule has 0 radical (unpaired) electrons. The summed E-state index contributed by atoms with van der Waals surface area (Å²) in [7, 11) is 1.52. The Morgan fingerprint density at radius 1 is 1.41 bits per heavy atom. The highest BCUT2D eigenvalue weighted by Gasteiger charge is 2.15. The maximum Gasteiger partial charge on any atom is 0.251 e. The zero-order valence-electron chi connectivity index (χ0n) is 9.58. The van der Waals surface area contributed by atoms with Crippen molar-refractivity contribution >= 4 is 33.4 Å². The highest BCUT2D eigenvalue weighted by Crippen LogP contribution is 2.20. The van der Waals surface area contributed by atoms with Crippen molar-refractivity contribution in [2.24, 2.45) is 0 Å². The molecule has 2 amide bonds. The van der Waals surface area contributed by atoms with Crippen LogP contribution in [-0.2, 0) is 4.79 Å². The molecule has 4 N–H and O–H groups in total. The fraction of sp³-hybridized carbons (Fsp3) is 0.273. The fourth-order valence-electron chi connectivity index (χ4n) is 1.23. The maximum atomic E-state index is 11.8. The van der Waals surface area contributed by atoms with E-state index < -0.39 is 6.04 Å². The molecule has 0 aromatic heterocycles. The smallest absolute Gasteiger partial charge is 0.251 e. The summed E-state index contributed by atoms with van der Waals surface area (Å²) >= 11 is 3.24. The lowest BCUT2D eigenvalue weighted by Gasteiger charge is -2.12. The number of nitrogens with one attached hydrogen (secondary N) is 2. The topological polar surface area (TPSA) is 84.2 Å². The van der Waals surface area contributed by atoms with Gasteiger partial charge in [-0.1, -0.05) is 0 Å². The van der Waals surface area contributed by atoms with Crippen LogP contribution in [0.4, 0.5) is 5.69 Å². The Morgan fingerprint density at radius 2 is 2.06 bits per heavy atom. The number of hydrogen-bond donors (Lipinski definition) is 3. The normalized spacial score (nSPS) is 11.7. The van der Waals surface area contributed by atoms with Gasteiger partial charge in [0.05, 0.1) is 0 Å². The van der Waals surface area contributed by atoms with E-state index in [4.69, 9.17) is 5.73 Å². The average molecular weight is 300 g/mol. The molecule has 1 unspecified atom stereocenters. The SMILES string of the molecule is CNC(=O)C(C)NC(=O)c1ccc(N)c(Br)c1. The summed E-state index contributed by atoms with van der Waals surface area (Å²) in [5.41, 5.74) is 6.62. The minimum atomic E-state index is -0.580. The molecule has 0 fully saturated rings. The quantitative estimate of drug-likeness (QED) is 0.725. The molecule has 1 aromatic carbocycles. The van der Waals surface area contributed by atoms with Gasteiger partial charge in [0, 0.05) is 22.8 Å². The van der Waals surface area contributed by atoms with Crippen LogP contribution in [0.3, 0.4) is 0 Å². The minimum Gasteiger partial charge on any atom is -0.398 e. The molecule has 0 aliphatic rings. The first kappa shape index (κ1) is 13.5. The lowest BCUT2D eigenvalue weighted by molar-refractivity contribution is -0.122. The third-order valence-corrected chi connectivity index (χ3v) is 2.94. The number of nitrogen functional groups attached to an aromatic ring is 1. The monoisotopic (exact) mass is 299 g/mol. The van der Waals surface area contributed by atoms with Crippen molar-refractivity contribution < 1.29 is 9.59 Å². The number of hydrogen-bond acceptors (Lipinski definition) is 3. The van der Waals surface area contributed by atoms with E-state index in [0.29, 0.717) is 15.7 Å². The largest absolute Gasteiger partial charge is 0.398 e. The molecule has 17 heavy (non-hydrogen) atoms. The number of carbonyl (C=O) groups is 2. The average Bonchev–Trinajstić information content (AvgIpc) is 2.31. The third kappa shape index (κ3) is 3.45. The van der Waals surface area contributed by atoms with Crippen LogP contribution in [0.5, 0.6) is 0 Å². The second kappa shape index (κ2) is 5.67. The summed E-state index contributed by atoms with van der Waals surface area (Å²) < 4.78 is 0.651. The van der Waals surface area contributed by atoms with E-state index in [1.807, 2.05) is 0 Å². The van der Waals surface area contributed by atoms with Gasteiger partial charge in [-0.25, -0.2) is 0 Å².